The van der Waals surface area contributed by atoms with Gasteiger partial charge in [0.2, 0.25) is 0 Å². The molecule has 0 aliphatic heterocycles. The van der Waals surface area contributed by atoms with Crippen molar-refractivity contribution < 1.29 is 0 Å². The summed E-state index contributed by atoms with van der Waals surface area (Å²) in [6.45, 7) is 4.91. The van der Waals surface area contributed by atoms with E-state index in [-0.39, 0.29) is 6.04 Å². The summed E-state index contributed by atoms with van der Waals surface area (Å²) in [5.41, 5.74) is 0. The molecule has 15 heavy (non-hydrogen) atoms. The molecule has 2 aromatic heterocycles. The fourth-order valence-electron chi connectivity index (χ4n) is 1.58. The Hall–Kier alpha value is -1.43. The second-order valence-corrected chi connectivity index (χ2v) is 3.68. The highest BCUT2D eigenvalue weighted by atomic mass is 32.1. The van der Waals surface area contributed by atoms with Crippen LogP contribution in [0.2, 0.25) is 0 Å². The van der Waals surface area contributed by atoms with Crippen molar-refractivity contribution in [1.29, 1.82) is 0 Å². The first-order chi connectivity index (χ1) is 7.24. The van der Waals surface area contributed by atoms with Gasteiger partial charge in [0.05, 0.1) is 0 Å². The number of nitrogens with one attached hydrogen (secondary N) is 1. The third-order valence-electron chi connectivity index (χ3n) is 2.40. The number of aromatic nitrogens is 5. The second kappa shape index (κ2) is 3.98. The summed E-state index contributed by atoms with van der Waals surface area (Å²) >= 11 is 5.14. The van der Waals surface area contributed by atoms with Crippen LogP contribution in [0.5, 0.6) is 0 Å². The van der Waals surface area contributed by atoms with Crippen LogP contribution < -0.4 is 0 Å². The number of hydrogen-bond acceptors (Lipinski definition) is 3. The zero-order chi connectivity index (χ0) is 10.8. The molecule has 0 amide bonds. The third-order valence-corrected chi connectivity index (χ3v) is 2.71. The maximum absolute atomic E-state index is 5.14. The van der Waals surface area contributed by atoms with Crippen LogP contribution in [0.4, 0.5) is 0 Å². The number of aromatic amines is 1. The van der Waals surface area contributed by atoms with E-state index >= 15 is 0 Å². The van der Waals surface area contributed by atoms with Crippen molar-refractivity contribution in [3.8, 4) is 0 Å². The van der Waals surface area contributed by atoms with Crippen LogP contribution >= 0.6 is 12.2 Å². The van der Waals surface area contributed by atoms with Crippen molar-refractivity contribution in [2.24, 2.45) is 0 Å². The molecule has 0 saturated heterocycles. The van der Waals surface area contributed by atoms with Crippen molar-refractivity contribution in [3.05, 3.63) is 29.1 Å². The fourth-order valence-corrected chi connectivity index (χ4v) is 1.85. The molecule has 1 N–H and O–H groups in total. The van der Waals surface area contributed by atoms with Gasteiger partial charge in [-0.05, 0) is 32.1 Å². The van der Waals surface area contributed by atoms with E-state index in [4.69, 9.17) is 12.2 Å². The summed E-state index contributed by atoms with van der Waals surface area (Å²) in [4.78, 5) is 0. The van der Waals surface area contributed by atoms with Gasteiger partial charge < -0.3 is 4.57 Å². The maximum Gasteiger partial charge on any atom is 0.195 e. The summed E-state index contributed by atoms with van der Waals surface area (Å²) in [5.74, 6) is 0.909. The maximum atomic E-state index is 5.14. The van der Waals surface area contributed by atoms with Gasteiger partial charge in [-0.2, -0.15) is 10.2 Å². The van der Waals surface area contributed by atoms with Gasteiger partial charge in [-0.1, -0.05) is 0 Å². The molecule has 0 aromatic carbocycles. The standard InChI is InChI=1S/C9H13N5S/c1-3-13-8(11-12-9(13)15)7(2)14-6-4-5-10-14/h4-7H,3H2,1-2H3,(H,12,15). The van der Waals surface area contributed by atoms with Gasteiger partial charge in [0.25, 0.3) is 0 Å². The minimum Gasteiger partial charge on any atom is -0.303 e. The van der Waals surface area contributed by atoms with E-state index in [0.717, 1.165) is 12.4 Å². The van der Waals surface area contributed by atoms with Crippen LogP contribution in [0.1, 0.15) is 25.7 Å². The molecule has 80 valence electrons. The van der Waals surface area contributed by atoms with E-state index in [1.165, 1.54) is 0 Å². The Morgan fingerprint density at radius 2 is 2.40 bits per heavy atom. The van der Waals surface area contributed by atoms with E-state index in [1.54, 1.807) is 6.20 Å². The normalized spacial score (nSPS) is 12.9. The molecule has 1 atom stereocenters. The van der Waals surface area contributed by atoms with Gasteiger partial charge in [-0.3, -0.25) is 9.78 Å². The predicted octanol–water partition coefficient (Wildman–Crippen LogP) is 1.77. The van der Waals surface area contributed by atoms with Crippen LogP contribution in [0.15, 0.2) is 18.5 Å². The summed E-state index contributed by atoms with van der Waals surface area (Å²) in [7, 11) is 0. The molecule has 6 heteroatoms. The van der Waals surface area contributed by atoms with E-state index < -0.39 is 0 Å². The zero-order valence-corrected chi connectivity index (χ0v) is 9.53. The molecule has 2 rings (SSSR count). The smallest absolute Gasteiger partial charge is 0.195 e. The molecule has 0 aliphatic rings. The molecule has 0 fully saturated rings. The van der Waals surface area contributed by atoms with Crippen molar-refractivity contribution in [1.82, 2.24) is 24.5 Å². The van der Waals surface area contributed by atoms with Crippen LogP contribution in [-0.2, 0) is 6.54 Å². The van der Waals surface area contributed by atoms with Crippen LogP contribution in [-0.4, -0.2) is 24.5 Å². The minimum atomic E-state index is 0.0906. The van der Waals surface area contributed by atoms with E-state index in [1.807, 2.05) is 35.4 Å². The van der Waals surface area contributed by atoms with Gasteiger partial charge in [0.1, 0.15) is 6.04 Å². The number of rotatable bonds is 3. The summed E-state index contributed by atoms with van der Waals surface area (Å²) in [6, 6.07) is 1.99. The number of H-pyrrole nitrogens is 1. The number of hydrogen-bond donors (Lipinski definition) is 1. The molecule has 0 bridgehead atoms. The van der Waals surface area contributed by atoms with Crippen LogP contribution in [0, 0.1) is 4.77 Å². The average molecular weight is 223 g/mol. The molecule has 0 saturated carbocycles. The Morgan fingerprint density at radius 1 is 1.60 bits per heavy atom. The predicted molar refractivity (Wildman–Crippen MR) is 59.1 cm³/mol. The van der Waals surface area contributed by atoms with Crippen molar-refractivity contribution in [3.63, 3.8) is 0 Å². The monoisotopic (exact) mass is 223 g/mol. The molecule has 2 aromatic rings. The first kappa shape index (κ1) is 10.1. The highest BCUT2D eigenvalue weighted by Crippen LogP contribution is 2.14. The first-order valence-electron chi connectivity index (χ1n) is 4.88. The Morgan fingerprint density at radius 3 is 3.00 bits per heavy atom. The summed E-state index contributed by atoms with van der Waals surface area (Å²) in [5, 5.41) is 11.2. The lowest BCUT2D eigenvalue weighted by Crippen LogP contribution is -2.13. The average Bonchev–Trinajstić information content (AvgIpc) is 2.85. The van der Waals surface area contributed by atoms with Gasteiger partial charge >= 0.3 is 0 Å². The van der Waals surface area contributed by atoms with E-state index in [9.17, 15) is 0 Å². The molecule has 0 radical (unpaired) electrons. The largest absolute Gasteiger partial charge is 0.303 e. The van der Waals surface area contributed by atoms with Gasteiger partial charge in [0, 0.05) is 18.9 Å². The van der Waals surface area contributed by atoms with Crippen LogP contribution in [0.3, 0.4) is 0 Å². The van der Waals surface area contributed by atoms with Gasteiger partial charge in [0.15, 0.2) is 10.6 Å². The molecular weight excluding hydrogens is 210 g/mol. The molecular formula is C9H13N5S. The van der Waals surface area contributed by atoms with Gasteiger partial charge in [-0.15, -0.1) is 0 Å². The first-order valence-corrected chi connectivity index (χ1v) is 5.29. The fraction of sp³-hybridized carbons (Fsp3) is 0.444. The van der Waals surface area contributed by atoms with Crippen molar-refractivity contribution in [2.75, 3.05) is 0 Å². The number of nitrogens with zero attached hydrogens (tertiary/aromatic N) is 4. The quantitative estimate of drug-likeness (QED) is 0.807. The topological polar surface area (TPSA) is 51.4 Å². The Bertz CT molecular complexity index is 481. The third kappa shape index (κ3) is 1.72. The lowest BCUT2D eigenvalue weighted by Gasteiger charge is -2.11. The second-order valence-electron chi connectivity index (χ2n) is 3.29. The van der Waals surface area contributed by atoms with Crippen molar-refractivity contribution >= 4 is 12.2 Å². The van der Waals surface area contributed by atoms with E-state index in [0.29, 0.717) is 4.77 Å². The minimum absolute atomic E-state index is 0.0906. The molecule has 5 nitrogen and oxygen atoms in total. The Balaban J connectivity index is 2.41. The van der Waals surface area contributed by atoms with Crippen LogP contribution in [0.25, 0.3) is 0 Å². The Labute approximate surface area is 92.7 Å². The lowest BCUT2D eigenvalue weighted by molar-refractivity contribution is 0.506. The van der Waals surface area contributed by atoms with Gasteiger partial charge in [-0.25, -0.2) is 0 Å². The molecule has 1 unspecified atom stereocenters. The molecule has 2 heterocycles. The molecule has 0 aliphatic carbocycles. The summed E-state index contributed by atoms with van der Waals surface area (Å²) in [6.07, 6.45) is 3.68. The SMILES string of the molecule is CCn1c(C(C)n2cccn2)n[nH]c1=S. The molecule has 0 spiro atoms. The van der Waals surface area contributed by atoms with Crippen molar-refractivity contribution in [2.45, 2.75) is 26.4 Å². The Kier molecular flexibility index (Phi) is 2.68. The highest BCUT2D eigenvalue weighted by Gasteiger charge is 2.14. The van der Waals surface area contributed by atoms with E-state index in [2.05, 4.69) is 15.3 Å². The zero-order valence-electron chi connectivity index (χ0n) is 8.71. The lowest BCUT2D eigenvalue weighted by atomic mass is 10.3. The highest BCUT2D eigenvalue weighted by molar-refractivity contribution is 7.71. The summed E-state index contributed by atoms with van der Waals surface area (Å²) < 4.78 is 4.49.